The number of nitrogens with two attached hydrogens (primary N) is 1. The number of aromatic amines is 1. The van der Waals surface area contributed by atoms with Crippen LogP contribution in [0.1, 0.15) is 0 Å². The summed E-state index contributed by atoms with van der Waals surface area (Å²) in [7, 11) is 1.58. The van der Waals surface area contributed by atoms with Crippen LogP contribution in [0.25, 0.3) is 32.7 Å². The first-order valence-corrected chi connectivity index (χ1v) is 8.55. The molecule has 6 heteroatoms. The van der Waals surface area contributed by atoms with Gasteiger partial charge in [0.25, 0.3) is 5.56 Å². The Kier molecular flexibility index (Phi) is 3.74. The lowest BCUT2D eigenvalue weighted by Crippen LogP contribution is -2.08. The van der Waals surface area contributed by atoms with Crippen LogP contribution in [0.5, 0.6) is 5.75 Å². The molecule has 0 aliphatic heterocycles. The maximum atomic E-state index is 12.4. The number of nitrogen functional groups attached to an aromatic ring is 1. The first kappa shape index (κ1) is 15.4. The van der Waals surface area contributed by atoms with Crippen molar-refractivity contribution in [1.29, 1.82) is 0 Å². The first-order chi connectivity index (χ1) is 12.2. The van der Waals surface area contributed by atoms with Crippen LogP contribution in [0.2, 0.25) is 0 Å². The van der Waals surface area contributed by atoms with Gasteiger partial charge in [-0.25, -0.2) is 4.98 Å². The lowest BCUT2D eigenvalue weighted by atomic mass is 10.1. The lowest BCUT2D eigenvalue weighted by Gasteiger charge is -2.05. The molecule has 2 aromatic carbocycles. The zero-order valence-corrected chi connectivity index (χ0v) is 14.3. The van der Waals surface area contributed by atoms with E-state index in [1.54, 1.807) is 7.11 Å². The number of thiazole rings is 1. The number of anilines is 1. The summed E-state index contributed by atoms with van der Waals surface area (Å²) < 4.78 is 5.18. The summed E-state index contributed by atoms with van der Waals surface area (Å²) in [6, 6.07) is 15.1. The van der Waals surface area contributed by atoms with Gasteiger partial charge in [-0.2, -0.15) is 0 Å². The fourth-order valence-electron chi connectivity index (χ4n) is 2.74. The summed E-state index contributed by atoms with van der Waals surface area (Å²) >= 11 is 1.47. The Balaban J connectivity index is 1.78. The number of rotatable bonds is 3. The van der Waals surface area contributed by atoms with Gasteiger partial charge in [-0.3, -0.25) is 4.79 Å². The van der Waals surface area contributed by atoms with E-state index < -0.39 is 0 Å². The Labute approximate surface area is 147 Å². The number of pyridine rings is 1. The van der Waals surface area contributed by atoms with Crippen LogP contribution >= 0.6 is 11.3 Å². The molecule has 0 bridgehead atoms. The van der Waals surface area contributed by atoms with Gasteiger partial charge in [-0.1, -0.05) is 18.2 Å². The molecule has 25 heavy (non-hydrogen) atoms. The molecule has 0 aliphatic carbocycles. The molecule has 4 rings (SSSR count). The molecule has 0 spiro atoms. The quantitative estimate of drug-likeness (QED) is 0.550. The van der Waals surface area contributed by atoms with E-state index >= 15 is 0 Å². The highest BCUT2D eigenvalue weighted by Gasteiger charge is 2.12. The fourth-order valence-corrected chi connectivity index (χ4v) is 3.55. The molecule has 3 N–H and O–H groups in total. The average molecular weight is 349 g/mol. The topological polar surface area (TPSA) is 81.0 Å². The van der Waals surface area contributed by atoms with Crippen LogP contribution in [-0.4, -0.2) is 17.1 Å². The Bertz CT molecular complexity index is 1130. The zero-order valence-electron chi connectivity index (χ0n) is 13.4. The SMILES string of the molecule is COc1ccc(-c2nc(-c3cc4ccccc4[nH]c3=O)cs2)cc1N. The fraction of sp³-hybridized carbons (Fsp3) is 0.0526. The van der Waals surface area contributed by atoms with Crippen LogP contribution in [0.3, 0.4) is 0 Å². The van der Waals surface area contributed by atoms with Gasteiger partial charge in [-0.15, -0.1) is 11.3 Å². The molecule has 2 heterocycles. The zero-order chi connectivity index (χ0) is 17.4. The number of aromatic nitrogens is 2. The molecule has 2 aromatic heterocycles. The molecule has 0 amide bonds. The van der Waals surface area contributed by atoms with Gasteiger partial charge in [0.15, 0.2) is 0 Å². The lowest BCUT2D eigenvalue weighted by molar-refractivity contribution is 0.417. The van der Waals surface area contributed by atoms with Crippen LogP contribution in [0.4, 0.5) is 5.69 Å². The monoisotopic (exact) mass is 349 g/mol. The van der Waals surface area contributed by atoms with Gasteiger partial charge < -0.3 is 15.5 Å². The number of H-pyrrole nitrogens is 1. The predicted octanol–water partition coefficient (Wildman–Crippen LogP) is 3.91. The second-order valence-electron chi connectivity index (χ2n) is 5.59. The van der Waals surface area contributed by atoms with Crippen molar-refractivity contribution in [3.63, 3.8) is 0 Å². The van der Waals surface area contributed by atoms with Gasteiger partial charge in [0, 0.05) is 16.5 Å². The Morgan fingerprint density at radius 1 is 1.16 bits per heavy atom. The van der Waals surface area contributed by atoms with E-state index in [1.165, 1.54) is 11.3 Å². The summed E-state index contributed by atoms with van der Waals surface area (Å²) in [6.07, 6.45) is 0. The molecule has 0 saturated heterocycles. The van der Waals surface area contributed by atoms with Crippen molar-refractivity contribution in [3.05, 3.63) is 64.3 Å². The molecule has 0 fully saturated rings. The Morgan fingerprint density at radius 3 is 2.80 bits per heavy atom. The molecule has 0 aliphatic rings. The van der Waals surface area contributed by atoms with E-state index in [4.69, 9.17) is 10.5 Å². The molecule has 0 radical (unpaired) electrons. The number of ether oxygens (including phenoxy) is 1. The van der Waals surface area contributed by atoms with Crippen LogP contribution in [-0.2, 0) is 0 Å². The van der Waals surface area contributed by atoms with E-state index in [0.717, 1.165) is 21.5 Å². The smallest absolute Gasteiger partial charge is 0.257 e. The standard InChI is InChI=1S/C19H15N3O2S/c1-24-17-7-6-12(9-14(17)20)19-22-16(10-25-19)13-8-11-4-2-3-5-15(11)21-18(13)23/h2-10H,20H2,1H3,(H,21,23). The summed E-state index contributed by atoms with van der Waals surface area (Å²) in [4.78, 5) is 19.9. The number of nitrogens with one attached hydrogen (secondary N) is 1. The van der Waals surface area contributed by atoms with Gasteiger partial charge in [-0.05, 0) is 35.7 Å². The minimum atomic E-state index is -0.148. The van der Waals surface area contributed by atoms with Gasteiger partial charge in [0.1, 0.15) is 10.8 Å². The van der Waals surface area contributed by atoms with E-state index in [1.807, 2.05) is 53.9 Å². The van der Waals surface area contributed by atoms with Crippen molar-refractivity contribution in [2.45, 2.75) is 0 Å². The van der Waals surface area contributed by atoms with E-state index in [2.05, 4.69) is 9.97 Å². The Hall–Kier alpha value is -3.12. The number of methoxy groups -OCH3 is 1. The highest BCUT2D eigenvalue weighted by atomic mass is 32.1. The van der Waals surface area contributed by atoms with Crippen molar-refractivity contribution < 1.29 is 4.74 Å². The number of fused-ring (bicyclic) bond motifs is 1. The summed E-state index contributed by atoms with van der Waals surface area (Å²) in [5.74, 6) is 0.631. The van der Waals surface area contributed by atoms with E-state index in [-0.39, 0.29) is 5.56 Å². The Morgan fingerprint density at radius 2 is 2.00 bits per heavy atom. The largest absolute Gasteiger partial charge is 0.495 e. The van der Waals surface area contributed by atoms with Gasteiger partial charge >= 0.3 is 0 Å². The van der Waals surface area contributed by atoms with Crippen molar-refractivity contribution in [2.24, 2.45) is 0 Å². The highest BCUT2D eigenvalue weighted by molar-refractivity contribution is 7.13. The molecular weight excluding hydrogens is 334 g/mol. The van der Waals surface area contributed by atoms with Crippen molar-refractivity contribution in [2.75, 3.05) is 12.8 Å². The average Bonchev–Trinajstić information content (AvgIpc) is 3.11. The van der Waals surface area contributed by atoms with Crippen molar-refractivity contribution in [3.8, 4) is 27.6 Å². The van der Waals surface area contributed by atoms with E-state index in [9.17, 15) is 4.79 Å². The molecular formula is C19H15N3O2S. The number of hydrogen-bond donors (Lipinski definition) is 2. The minimum absolute atomic E-state index is 0.148. The molecule has 124 valence electrons. The van der Waals surface area contributed by atoms with E-state index in [0.29, 0.717) is 22.7 Å². The molecule has 0 unspecified atom stereocenters. The molecule has 5 nitrogen and oxygen atoms in total. The van der Waals surface area contributed by atoms with Gasteiger partial charge in [0.2, 0.25) is 0 Å². The third kappa shape index (κ3) is 2.77. The third-order valence-corrected chi connectivity index (χ3v) is 4.90. The van der Waals surface area contributed by atoms with Crippen LogP contribution in [0, 0.1) is 0 Å². The predicted molar refractivity (Wildman–Crippen MR) is 102 cm³/mol. The normalized spacial score (nSPS) is 10.9. The summed E-state index contributed by atoms with van der Waals surface area (Å²) in [5.41, 5.74) is 9.30. The maximum Gasteiger partial charge on any atom is 0.257 e. The number of nitrogens with zero attached hydrogens (tertiary/aromatic N) is 1. The second kappa shape index (κ2) is 6.07. The van der Waals surface area contributed by atoms with Crippen molar-refractivity contribution in [1.82, 2.24) is 9.97 Å². The summed E-state index contributed by atoms with van der Waals surface area (Å²) in [6.45, 7) is 0. The molecule has 4 aromatic rings. The first-order valence-electron chi connectivity index (χ1n) is 7.67. The van der Waals surface area contributed by atoms with Crippen molar-refractivity contribution >= 4 is 27.9 Å². The number of para-hydroxylation sites is 1. The second-order valence-corrected chi connectivity index (χ2v) is 6.45. The third-order valence-electron chi connectivity index (χ3n) is 4.01. The minimum Gasteiger partial charge on any atom is -0.495 e. The summed E-state index contributed by atoms with van der Waals surface area (Å²) in [5, 5.41) is 3.66. The number of benzene rings is 2. The number of hydrogen-bond acceptors (Lipinski definition) is 5. The van der Waals surface area contributed by atoms with Crippen LogP contribution < -0.4 is 16.0 Å². The molecule has 0 saturated carbocycles. The highest BCUT2D eigenvalue weighted by Crippen LogP contribution is 2.32. The maximum absolute atomic E-state index is 12.4. The molecule has 0 atom stereocenters. The van der Waals surface area contributed by atoms with Gasteiger partial charge in [0.05, 0.1) is 24.1 Å². The van der Waals surface area contributed by atoms with Crippen LogP contribution in [0.15, 0.2) is 58.7 Å².